The van der Waals surface area contributed by atoms with Crippen LogP contribution in [0.15, 0.2) is 77.8 Å². The second-order valence-corrected chi connectivity index (χ2v) is 7.34. The van der Waals surface area contributed by atoms with Crippen LogP contribution < -0.4 is 10.0 Å². The summed E-state index contributed by atoms with van der Waals surface area (Å²) in [5, 5.41) is 2.70. The monoisotopic (exact) mass is 387 g/mol. The van der Waals surface area contributed by atoms with E-state index in [1.54, 1.807) is 36.4 Å². The van der Waals surface area contributed by atoms with Crippen molar-refractivity contribution in [1.29, 1.82) is 0 Å². The summed E-state index contributed by atoms with van der Waals surface area (Å²) in [7, 11) is -4.00. The molecule has 8 heteroatoms. The molecule has 26 heavy (non-hydrogen) atoms. The minimum absolute atomic E-state index is 0.00434. The van der Waals surface area contributed by atoms with E-state index in [1.165, 1.54) is 30.5 Å². The number of carbonyl (C=O) groups excluding carboxylic acids is 1. The normalized spacial score (nSPS) is 11.0. The molecule has 3 rings (SSSR count). The molecule has 2 aromatic carbocycles. The Morgan fingerprint density at radius 3 is 2.38 bits per heavy atom. The van der Waals surface area contributed by atoms with Crippen LogP contribution in [-0.4, -0.2) is 19.3 Å². The number of halogens is 1. The Balaban J connectivity index is 1.88. The highest BCUT2D eigenvalue weighted by atomic mass is 35.5. The average molecular weight is 388 g/mol. The predicted octanol–water partition coefficient (Wildman–Crippen LogP) is 3.79. The van der Waals surface area contributed by atoms with E-state index in [0.717, 1.165) is 0 Å². The predicted molar refractivity (Wildman–Crippen MR) is 101 cm³/mol. The van der Waals surface area contributed by atoms with Gasteiger partial charge < -0.3 is 5.32 Å². The summed E-state index contributed by atoms with van der Waals surface area (Å²) in [6.07, 6.45) is 1.46. The van der Waals surface area contributed by atoms with Crippen molar-refractivity contribution in [3.8, 4) is 0 Å². The molecule has 1 aromatic heterocycles. The van der Waals surface area contributed by atoms with E-state index in [4.69, 9.17) is 11.6 Å². The van der Waals surface area contributed by atoms with Gasteiger partial charge in [0.05, 0.1) is 5.02 Å². The number of pyridine rings is 1. The van der Waals surface area contributed by atoms with Gasteiger partial charge in [0.15, 0.2) is 0 Å². The van der Waals surface area contributed by atoms with Gasteiger partial charge in [0.25, 0.3) is 15.9 Å². The first-order chi connectivity index (χ1) is 12.5. The lowest BCUT2D eigenvalue weighted by Crippen LogP contribution is -2.17. The van der Waals surface area contributed by atoms with Gasteiger partial charge in [-0.15, -0.1) is 0 Å². The lowest BCUT2D eigenvalue weighted by Gasteiger charge is -2.11. The van der Waals surface area contributed by atoms with Gasteiger partial charge in [-0.05, 0) is 42.5 Å². The number of amides is 1. The van der Waals surface area contributed by atoms with Crippen molar-refractivity contribution < 1.29 is 13.2 Å². The molecule has 0 atom stereocenters. The summed E-state index contributed by atoms with van der Waals surface area (Å²) >= 11 is 6.04. The van der Waals surface area contributed by atoms with Crippen LogP contribution >= 0.6 is 11.6 Å². The molecule has 0 aliphatic heterocycles. The number of nitrogens with zero attached hydrogens (tertiary/aromatic N) is 1. The van der Waals surface area contributed by atoms with Crippen molar-refractivity contribution in [2.45, 2.75) is 4.90 Å². The fourth-order valence-corrected chi connectivity index (χ4v) is 3.73. The first-order valence-corrected chi connectivity index (χ1v) is 9.42. The Bertz CT molecular complexity index is 1030. The molecule has 3 aromatic rings. The molecule has 0 aliphatic carbocycles. The Kier molecular flexibility index (Phi) is 5.20. The molecular weight excluding hydrogens is 374 g/mol. The van der Waals surface area contributed by atoms with Crippen LogP contribution in [0.25, 0.3) is 0 Å². The maximum Gasteiger partial charge on any atom is 0.264 e. The van der Waals surface area contributed by atoms with Gasteiger partial charge in [-0.25, -0.2) is 13.4 Å². The lowest BCUT2D eigenvalue weighted by atomic mass is 10.2. The fraction of sp³-hybridized carbons (Fsp3) is 0. The van der Waals surface area contributed by atoms with Gasteiger partial charge in [0.1, 0.15) is 10.7 Å². The van der Waals surface area contributed by atoms with Gasteiger partial charge in [0.2, 0.25) is 0 Å². The first kappa shape index (κ1) is 17.9. The number of benzene rings is 2. The number of sulfonamides is 1. The first-order valence-electron chi connectivity index (χ1n) is 7.55. The van der Waals surface area contributed by atoms with Crippen LogP contribution in [0.3, 0.4) is 0 Å². The van der Waals surface area contributed by atoms with Crippen molar-refractivity contribution >= 4 is 39.0 Å². The smallest absolute Gasteiger partial charge is 0.264 e. The second kappa shape index (κ2) is 7.55. The van der Waals surface area contributed by atoms with Gasteiger partial charge in [-0.2, -0.15) is 0 Å². The van der Waals surface area contributed by atoms with Crippen molar-refractivity contribution in [3.63, 3.8) is 0 Å². The van der Waals surface area contributed by atoms with E-state index in [0.29, 0.717) is 5.69 Å². The average Bonchev–Trinajstić information content (AvgIpc) is 2.63. The van der Waals surface area contributed by atoms with Crippen LogP contribution in [0.4, 0.5) is 11.5 Å². The lowest BCUT2D eigenvalue weighted by molar-refractivity contribution is 0.102. The number of aromatic nitrogens is 1. The third-order valence-electron chi connectivity index (χ3n) is 3.42. The van der Waals surface area contributed by atoms with E-state index in [-0.39, 0.29) is 21.3 Å². The second-order valence-electron chi connectivity index (χ2n) is 5.29. The number of rotatable bonds is 5. The molecule has 2 N–H and O–H groups in total. The van der Waals surface area contributed by atoms with Crippen LogP contribution in [0.5, 0.6) is 0 Å². The highest BCUT2D eigenvalue weighted by Crippen LogP contribution is 2.25. The summed E-state index contributed by atoms with van der Waals surface area (Å²) in [5.74, 6) is -0.287. The molecule has 0 saturated carbocycles. The van der Waals surface area contributed by atoms with Crippen LogP contribution in [0.2, 0.25) is 5.02 Å². The highest BCUT2D eigenvalue weighted by Gasteiger charge is 2.21. The Morgan fingerprint density at radius 1 is 0.962 bits per heavy atom. The van der Waals surface area contributed by atoms with Crippen LogP contribution in [0, 0.1) is 0 Å². The van der Waals surface area contributed by atoms with Crippen molar-refractivity contribution in [2.75, 3.05) is 10.0 Å². The molecule has 0 unspecified atom stereocenters. The molecule has 0 bridgehead atoms. The van der Waals surface area contributed by atoms with E-state index in [2.05, 4.69) is 15.0 Å². The van der Waals surface area contributed by atoms with Crippen molar-refractivity contribution in [3.05, 3.63) is 83.5 Å². The Morgan fingerprint density at radius 2 is 1.69 bits per heavy atom. The summed E-state index contributed by atoms with van der Waals surface area (Å²) in [6.45, 7) is 0. The summed E-state index contributed by atoms with van der Waals surface area (Å²) in [5.41, 5.74) is 0.767. The zero-order chi connectivity index (χ0) is 18.6. The molecule has 1 amide bonds. The Hall–Kier alpha value is -2.90. The number of nitrogens with one attached hydrogen (secondary N) is 2. The molecule has 0 radical (unpaired) electrons. The molecule has 1 heterocycles. The number of hydrogen-bond donors (Lipinski definition) is 2. The zero-order valence-electron chi connectivity index (χ0n) is 13.4. The van der Waals surface area contributed by atoms with Gasteiger partial charge in [0, 0.05) is 17.4 Å². The van der Waals surface area contributed by atoms with Gasteiger partial charge in [-0.1, -0.05) is 35.9 Å². The minimum atomic E-state index is -4.00. The largest absolute Gasteiger partial charge is 0.322 e. The van der Waals surface area contributed by atoms with Gasteiger partial charge >= 0.3 is 0 Å². The molecule has 0 spiro atoms. The maximum atomic E-state index is 12.6. The zero-order valence-corrected chi connectivity index (χ0v) is 15.0. The van der Waals surface area contributed by atoms with Crippen molar-refractivity contribution in [2.24, 2.45) is 0 Å². The minimum Gasteiger partial charge on any atom is -0.322 e. The molecule has 0 saturated heterocycles. The summed E-state index contributed by atoms with van der Waals surface area (Å²) in [4.78, 5) is 16.1. The number of para-hydroxylation sites is 1. The quantitative estimate of drug-likeness (QED) is 0.697. The fourth-order valence-electron chi connectivity index (χ4n) is 2.19. The van der Waals surface area contributed by atoms with E-state index >= 15 is 0 Å². The number of anilines is 2. The SMILES string of the molecule is O=C(Nc1ccccc1)c1ccc(Cl)c(S(=O)(=O)Nc2ccccn2)c1. The third kappa shape index (κ3) is 4.19. The van der Waals surface area contributed by atoms with Gasteiger partial charge in [-0.3, -0.25) is 9.52 Å². The molecule has 6 nitrogen and oxygen atoms in total. The topological polar surface area (TPSA) is 88.2 Å². The van der Waals surface area contributed by atoms with Crippen LogP contribution in [0.1, 0.15) is 10.4 Å². The molecule has 0 fully saturated rings. The number of hydrogen-bond acceptors (Lipinski definition) is 4. The summed E-state index contributed by atoms with van der Waals surface area (Å²) in [6, 6.07) is 17.7. The van der Waals surface area contributed by atoms with Crippen molar-refractivity contribution in [1.82, 2.24) is 4.98 Å². The Labute approximate surface area is 155 Å². The molecule has 132 valence electrons. The van der Waals surface area contributed by atoms with E-state index < -0.39 is 15.9 Å². The maximum absolute atomic E-state index is 12.6. The standard InChI is InChI=1S/C18H14ClN3O3S/c19-15-10-9-13(18(23)21-14-6-2-1-3-7-14)12-16(15)26(24,25)22-17-8-4-5-11-20-17/h1-12H,(H,20,22)(H,21,23). The number of carbonyl (C=O) groups is 1. The third-order valence-corrected chi connectivity index (χ3v) is 5.25. The van der Waals surface area contributed by atoms with E-state index in [1.807, 2.05) is 6.07 Å². The van der Waals surface area contributed by atoms with E-state index in [9.17, 15) is 13.2 Å². The molecule has 0 aliphatic rings. The summed E-state index contributed by atoms with van der Waals surface area (Å²) < 4.78 is 27.5. The van der Waals surface area contributed by atoms with Crippen LogP contribution in [-0.2, 0) is 10.0 Å². The highest BCUT2D eigenvalue weighted by molar-refractivity contribution is 7.92. The molecular formula is C18H14ClN3O3S.